The fourth-order valence-corrected chi connectivity index (χ4v) is 3.64. The first kappa shape index (κ1) is 28.3. The zero-order valence-corrected chi connectivity index (χ0v) is 20.8. The minimum absolute atomic E-state index is 0.420. The summed E-state index contributed by atoms with van der Waals surface area (Å²) in [6, 6.07) is 0. The van der Waals surface area contributed by atoms with Gasteiger partial charge in [0.25, 0.3) is 7.37 Å². The summed E-state index contributed by atoms with van der Waals surface area (Å²) in [6.07, 6.45) is 10.1. The first-order valence-corrected chi connectivity index (χ1v) is 13.0. The first-order valence-electron chi connectivity index (χ1n) is 10.9. The molecule has 0 aliphatic carbocycles. The van der Waals surface area contributed by atoms with Crippen molar-refractivity contribution in [3.05, 3.63) is 0 Å². The maximum Gasteiger partial charge on any atom is 0.255 e. The van der Waals surface area contributed by atoms with E-state index in [0.29, 0.717) is 6.17 Å². The molecule has 0 radical (unpaired) electrons. The van der Waals surface area contributed by atoms with Gasteiger partial charge in [-0.1, -0.05) is 40.0 Å². The van der Waals surface area contributed by atoms with E-state index in [4.69, 9.17) is 19.5 Å². The Morgan fingerprint density at radius 3 is 2.07 bits per heavy atom. The Balaban J connectivity index is 0.000000665. The highest BCUT2D eigenvalue weighted by Gasteiger charge is 2.39. The molecule has 0 aromatic carbocycles. The number of unbranched alkanes of at least 4 members (excludes halogenated alkanes) is 3. The molecule has 0 bridgehead atoms. The van der Waals surface area contributed by atoms with E-state index < -0.39 is 12.9 Å². The molecule has 0 aromatic rings. The van der Waals surface area contributed by atoms with Gasteiger partial charge in [-0.25, -0.2) is 5.43 Å². The van der Waals surface area contributed by atoms with Crippen molar-refractivity contribution in [1.29, 1.82) is 0 Å². The molecule has 1 aliphatic rings. The van der Waals surface area contributed by atoms with Crippen LogP contribution in [0.1, 0.15) is 79.1 Å². The number of nitrogens with zero attached hydrogens (tertiary/aromatic N) is 3. The van der Waals surface area contributed by atoms with Crippen LogP contribution in [0.3, 0.4) is 0 Å². The smallest absolute Gasteiger partial charge is 0.255 e. The van der Waals surface area contributed by atoms with E-state index in [9.17, 15) is 4.57 Å². The van der Waals surface area contributed by atoms with Crippen LogP contribution in [-0.2, 0) is 14.0 Å². The van der Waals surface area contributed by atoms with Gasteiger partial charge in [-0.3, -0.25) is 14.6 Å². The van der Waals surface area contributed by atoms with Crippen LogP contribution in [0.2, 0.25) is 0 Å². The summed E-state index contributed by atoms with van der Waals surface area (Å²) in [4.78, 5) is 9.04. The molecule has 2 atom stereocenters. The van der Waals surface area contributed by atoms with Gasteiger partial charge in [0.1, 0.15) is 12.0 Å². The van der Waals surface area contributed by atoms with Crippen LogP contribution in [0.5, 0.6) is 0 Å². The zero-order chi connectivity index (χ0) is 22.5. The van der Waals surface area contributed by atoms with Crippen molar-refractivity contribution in [2.24, 2.45) is 5.10 Å². The Labute approximate surface area is 178 Å². The van der Waals surface area contributed by atoms with E-state index in [1.165, 1.54) is 78.6 Å². The molecule has 1 rings (SSSR count). The highest BCUT2D eigenvalue weighted by molar-refractivity contribution is 7.58. The number of ether oxygens (including phenoxy) is 2. The number of rotatable bonds is 13. The van der Waals surface area contributed by atoms with E-state index in [0.717, 1.165) is 13.0 Å². The molecule has 0 saturated heterocycles. The minimum atomic E-state index is -3.33. The predicted molar refractivity (Wildman–Crippen MR) is 121 cm³/mol. The zero-order valence-electron chi connectivity index (χ0n) is 19.9. The normalized spacial score (nSPS) is 18.9. The van der Waals surface area contributed by atoms with Crippen molar-refractivity contribution in [3.8, 4) is 0 Å². The van der Waals surface area contributed by atoms with E-state index in [1.54, 1.807) is 0 Å². The number of hydrogen-bond acceptors (Lipinski definition) is 7. The average molecular weight is 437 g/mol. The van der Waals surface area contributed by atoms with E-state index >= 15 is 0 Å². The van der Waals surface area contributed by atoms with Gasteiger partial charge in [0.15, 0.2) is 0 Å². The van der Waals surface area contributed by atoms with Crippen LogP contribution in [0.15, 0.2) is 5.10 Å². The number of hydrazine groups is 1. The third kappa shape index (κ3) is 8.93. The molecular formula is C20H45N4O4P. The molecule has 1 heterocycles. The highest BCUT2D eigenvalue weighted by Crippen LogP contribution is 2.51. The maximum absolute atomic E-state index is 11.0. The molecule has 9 heteroatoms. The van der Waals surface area contributed by atoms with Gasteiger partial charge in [0.2, 0.25) is 5.53 Å². The second-order valence-electron chi connectivity index (χ2n) is 7.54. The number of hydrazone groups is 1. The quantitative estimate of drug-likeness (QED) is 0.327. The second kappa shape index (κ2) is 14.4. The maximum atomic E-state index is 11.0. The molecule has 174 valence electrons. The molecule has 0 saturated carbocycles. The SMILES string of the molecule is CCCCC1=NN(CCCC)C(CCCC)N1NC.COC(C)(OC)P(C)(=O)O. The number of amidine groups is 1. The van der Waals surface area contributed by atoms with E-state index in [-0.39, 0.29) is 0 Å². The lowest BCUT2D eigenvalue weighted by Crippen LogP contribution is -2.48. The average Bonchev–Trinajstić information content (AvgIpc) is 3.04. The van der Waals surface area contributed by atoms with Gasteiger partial charge >= 0.3 is 0 Å². The lowest BCUT2D eigenvalue weighted by Gasteiger charge is -2.31. The first-order chi connectivity index (χ1) is 13.6. The number of hydrogen-bond donors (Lipinski definition) is 2. The van der Waals surface area contributed by atoms with Gasteiger partial charge in [0, 0.05) is 40.9 Å². The second-order valence-corrected chi connectivity index (χ2v) is 10.1. The Morgan fingerprint density at radius 1 is 1.14 bits per heavy atom. The van der Waals surface area contributed by atoms with Crippen molar-refractivity contribution >= 4 is 13.2 Å². The summed E-state index contributed by atoms with van der Waals surface area (Å²) >= 11 is 0. The topological polar surface area (TPSA) is 86.6 Å². The standard InChI is InChI=1S/C15H32N4.C5H13O4P/c1-5-8-11-14-17-18(13-10-7-3)15(12-9-6-2)19(14)16-4;1-5(8-2,9-3)10(4,6)7/h15-16H,5-13H2,1-4H3;1-4H3,(H,6,7). The summed E-state index contributed by atoms with van der Waals surface area (Å²) in [5, 5.41) is 9.46. The van der Waals surface area contributed by atoms with Crippen molar-refractivity contribution in [1.82, 2.24) is 15.4 Å². The Kier molecular flexibility index (Phi) is 14.0. The molecular weight excluding hydrogens is 391 g/mol. The molecule has 0 fully saturated rings. The van der Waals surface area contributed by atoms with Crippen LogP contribution >= 0.6 is 7.37 Å². The predicted octanol–water partition coefficient (Wildman–Crippen LogP) is 4.41. The summed E-state index contributed by atoms with van der Waals surface area (Å²) in [7, 11) is 1.34. The lowest BCUT2D eigenvalue weighted by atomic mass is 10.2. The Bertz CT molecular complexity index is 509. The Hall–Kier alpha value is -0.660. The fraction of sp³-hybridized carbons (Fsp3) is 0.950. The summed E-state index contributed by atoms with van der Waals surface area (Å²) in [5.41, 5.74) is 1.98. The van der Waals surface area contributed by atoms with Crippen LogP contribution in [-0.4, -0.2) is 66.9 Å². The number of methoxy groups -OCH3 is 2. The summed E-state index contributed by atoms with van der Waals surface area (Å²) < 4.78 is 20.4. The number of nitrogens with one attached hydrogen (secondary N) is 1. The lowest BCUT2D eigenvalue weighted by molar-refractivity contribution is -0.134. The molecule has 1 aliphatic heterocycles. The van der Waals surface area contributed by atoms with Gasteiger partial charge in [0.05, 0.1) is 0 Å². The summed E-state index contributed by atoms with van der Waals surface area (Å²) in [5.74, 6) is 1.22. The van der Waals surface area contributed by atoms with Crippen molar-refractivity contribution in [3.63, 3.8) is 0 Å². The third-order valence-electron chi connectivity index (χ3n) is 5.23. The van der Waals surface area contributed by atoms with E-state index in [1.807, 2.05) is 7.05 Å². The van der Waals surface area contributed by atoms with Crippen LogP contribution in [0.25, 0.3) is 0 Å². The molecule has 8 nitrogen and oxygen atoms in total. The van der Waals surface area contributed by atoms with Crippen LogP contribution in [0.4, 0.5) is 0 Å². The van der Waals surface area contributed by atoms with Crippen molar-refractivity contribution in [2.75, 3.05) is 34.5 Å². The minimum Gasteiger partial charge on any atom is -0.346 e. The third-order valence-corrected chi connectivity index (χ3v) is 7.10. The van der Waals surface area contributed by atoms with Gasteiger partial charge in [-0.15, -0.1) is 0 Å². The van der Waals surface area contributed by atoms with Crippen LogP contribution in [0, 0.1) is 0 Å². The van der Waals surface area contributed by atoms with Gasteiger partial charge in [-0.2, -0.15) is 5.10 Å². The summed E-state index contributed by atoms with van der Waals surface area (Å²) in [6.45, 7) is 10.4. The Morgan fingerprint density at radius 2 is 1.69 bits per heavy atom. The highest BCUT2D eigenvalue weighted by atomic mass is 31.2. The van der Waals surface area contributed by atoms with Gasteiger partial charge in [-0.05, 0) is 32.6 Å². The molecule has 29 heavy (non-hydrogen) atoms. The van der Waals surface area contributed by atoms with Crippen molar-refractivity contribution < 1.29 is 18.9 Å². The molecule has 0 spiro atoms. The fourth-order valence-electron chi connectivity index (χ4n) is 2.96. The molecule has 2 N–H and O–H groups in total. The molecule has 2 unspecified atom stereocenters. The molecule has 0 amide bonds. The molecule has 0 aromatic heterocycles. The van der Waals surface area contributed by atoms with E-state index in [2.05, 4.69) is 36.2 Å². The largest absolute Gasteiger partial charge is 0.346 e. The van der Waals surface area contributed by atoms with Crippen molar-refractivity contribution in [2.45, 2.75) is 90.8 Å². The van der Waals surface area contributed by atoms with Gasteiger partial charge < -0.3 is 14.4 Å². The monoisotopic (exact) mass is 436 g/mol. The van der Waals surface area contributed by atoms with Crippen LogP contribution < -0.4 is 5.43 Å².